The topological polar surface area (TPSA) is 59.1 Å². The fraction of sp³-hybridized carbons (Fsp3) is 0.692. The van der Waals surface area contributed by atoms with E-state index < -0.39 is 0 Å². The molecule has 100 valence electrons. The van der Waals surface area contributed by atoms with Gasteiger partial charge in [0, 0.05) is 31.0 Å². The Kier molecular flexibility index (Phi) is 4.36. The highest BCUT2D eigenvalue weighted by atomic mass is 16.5. The Bertz CT molecular complexity index is 397. The molecule has 0 amide bonds. The molecule has 1 fully saturated rings. The maximum atomic E-state index is 5.45. The second-order valence-electron chi connectivity index (χ2n) is 4.84. The second-order valence-corrected chi connectivity index (χ2v) is 4.84. The lowest BCUT2D eigenvalue weighted by atomic mass is 9.98. The van der Waals surface area contributed by atoms with Crippen LogP contribution in [0.4, 0.5) is 11.8 Å². The predicted octanol–water partition coefficient (Wildman–Crippen LogP) is 2.05. The number of ether oxygens (including phenoxy) is 1. The largest absolute Gasteiger partial charge is 0.381 e. The Morgan fingerprint density at radius 3 is 3.00 bits per heavy atom. The molecule has 0 aliphatic carbocycles. The second kappa shape index (κ2) is 6.00. The summed E-state index contributed by atoms with van der Waals surface area (Å²) in [4.78, 5) is 8.83. The molecule has 0 bridgehead atoms. The molecule has 1 aromatic heterocycles. The minimum Gasteiger partial charge on any atom is -0.381 e. The van der Waals surface area contributed by atoms with Crippen molar-refractivity contribution >= 4 is 11.8 Å². The Hall–Kier alpha value is -1.36. The Morgan fingerprint density at radius 1 is 1.44 bits per heavy atom. The van der Waals surface area contributed by atoms with Crippen LogP contribution in [-0.2, 0) is 4.74 Å². The van der Waals surface area contributed by atoms with E-state index in [-0.39, 0.29) is 0 Å². The van der Waals surface area contributed by atoms with E-state index in [9.17, 15) is 0 Å². The van der Waals surface area contributed by atoms with E-state index in [0.717, 1.165) is 37.7 Å². The highest BCUT2D eigenvalue weighted by molar-refractivity contribution is 5.43. The summed E-state index contributed by atoms with van der Waals surface area (Å²) >= 11 is 0. The molecule has 2 unspecified atom stereocenters. The van der Waals surface area contributed by atoms with Crippen LogP contribution in [0.1, 0.15) is 26.0 Å². The average Bonchev–Trinajstić information content (AvgIpc) is 2.32. The zero-order valence-electron chi connectivity index (χ0n) is 11.4. The molecular formula is C13H22N4O. The van der Waals surface area contributed by atoms with Gasteiger partial charge >= 0.3 is 0 Å². The molecule has 18 heavy (non-hydrogen) atoms. The van der Waals surface area contributed by atoms with Crippen molar-refractivity contribution in [3.63, 3.8) is 0 Å². The first-order valence-corrected chi connectivity index (χ1v) is 6.63. The van der Waals surface area contributed by atoms with E-state index in [1.165, 1.54) is 0 Å². The van der Waals surface area contributed by atoms with Crippen LogP contribution in [0.25, 0.3) is 0 Å². The molecule has 2 heterocycles. The third-order valence-electron chi connectivity index (χ3n) is 3.16. The fourth-order valence-corrected chi connectivity index (χ4v) is 2.16. The first kappa shape index (κ1) is 13.1. The molecule has 1 aliphatic rings. The van der Waals surface area contributed by atoms with Crippen molar-refractivity contribution in [2.45, 2.75) is 33.2 Å². The van der Waals surface area contributed by atoms with Gasteiger partial charge in [-0.2, -0.15) is 4.98 Å². The van der Waals surface area contributed by atoms with Crippen LogP contribution in [0.2, 0.25) is 0 Å². The lowest BCUT2D eigenvalue weighted by Gasteiger charge is -2.30. The Morgan fingerprint density at radius 2 is 2.28 bits per heavy atom. The van der Waals surface area contributed by atoms with Gasteiger partial charge in [-0.3, -0.25) is 0 Å². The standard InChI is InChI=1S/C13H22N4O/c1-4-14-13-15-10(3)7-12(17-13)16-11-5-6-18-8-9(11)2/h7,9,11H,4-6,8H2,1-3H3,(H2,14,15,16,17). The van der Waals surface area contributed by atoms with Crippen molar-refractivity contribution in [2.24, 2.45) is 5.92 Å². The number of rotatable bonds is 4. The van der Waals surface area contributed by atoms with E-state index in [1.54, 1.807) is 0 Å². The molecule has 0 aromatic carbocycles. The zero-order valence-corrected chi connectivity index (χ0v) is 11.4. The third-order valence-corrected chi connectivity index (χ3v) is 3.16. The van der Waals surface area contributed by atoms with Crippen molar-refractivity contribution in [3.05, 3.63) is 11.8 Å². The molecule has 5 heteroatoms. The molecule has 2 atom stereocenters. The van der Waals surface area contributed by atoms with Crippen LogP contribution in [0, 0.1) is 12.8 Å². The molecule has 2 N–H and O–H groups in total. The maximum absolute atomic E-state index is 5.45. The van der Waals surface area contributed by atoms with Crippen molar-refractivity contribution < 1.29 is 4.74 Å². The summed E-state index contributed by atoms with van der Waals surface area (Å²) in [6.45, 7) is 8.71. The Balaban J connectivity index is 2.07. The monoisotopic (exact) mass is 250 g/mol. The van der Waals surface area contributed by atoms with Crippen molar-refractivity contribution in [2.75, 3.05) is 30.4 Å². The molecule has 1 saturated heterocycles. The average molecular weight is 250 g/mol. The molecular weight excluding hydrogens is 228 g/mol. The van der Waals surface area contributed by atoms with E-state index in [0.29, 0.717) is 17.9 Å². The van der Waals surface area contributed by atoms with Gasteiger partial charge in [-0.05, 0) is 26.2 Å². The summed E-state index contributed by atoms with van der Waals surface area (Å²) in [7, 11) is 0. The van der Waals surface area contributed by atoms with Gasteiger partial charge in [-0.25, -0.2) is 4.98 Å². The van der Waals surface area contributed by atoms with Crippen LogP contribution >= 0.6 is 0 Å². The molecule has 0 radical (unpaired) electrons. The summed E-state index contributed by atoms with van der Waals surface area (Å²) in [6, 6.07) is 2.42. The normalized spacial score (nSPS) is 23.7. The highest BCUT2D eigenvalue weighted by Crippen LogP contribution is 2.19. The van der Waals surface area contributed by atoms with Gasteiger partial charge in [0.2, 0.25) is 5.95 Å². The van der Waals surface area contributed by atoms with E-state index in [2.05, 4.69) is 27.5 Å². The van der Waals surface area contributed by atoms with Crippen molar-refractivity contribution in [3.8, 4) is 0 Å². The number of nitrogens with one attached hydrogen (secondary N) is 2. The van der Waals surface area contributed by atoms with Crippen LogP contribution in [0.3, 0.4) is 0 Å². The molecule has 2 rings (SSSR count). The lowest BCUT2D eigenvalue weighted by molar-refractivity contribution is 0.0537. The summed E-state index contributed by atoms with van der Waals surface area (Å²) in [6.07, 6.45) is 1.03. The molecule has 1 aliphatic heterocycles. The van der Waals surface area contributed by atoms with E-state index >= 15 is 0 Å². The van der Waals surface area contributed by atoms with Gasteiger partial charge in [-0.1, -0.05) is 6.92 Å². The highest BCUT2D eigenvalue weighted by Gasteiger charge is 2.22. The van der Waals surface area contributed by atoms with Gasteiger partial charge in [0.25, 0.3) is 0 Å². The van der Waals surface area contributed by atoms with Crippen LogP contribution in [0.5, 0.6) is 0 Å². The van der Waals surface area contributed by atoms with Crippen LogP contribution < -0.4 is 10.6 Å². The number of hydrogen-bond donors (Lipinski definition) is 2. The number of hydrogen-bond acceptors (Lipinski definition) is 5. The molecule has 0 spiro atoms. The van der Waals surface area contributed by atoms with Gasteiger partial charge in [0.05, 0.1) is 6.61 Å². The molecule has 1 aromatic rings. The van der Waals surface area contributed by atoms with Gasteiger partial charge in [0.15, 0.2) is 0 Å². The lowest BCUT2D eigenvalue weighted by Crippen LogP contribution is -2.36. The SMILES string of the molecule is CCNc1nc(C)cc(NC2CCOCC2C)n1. The summed E-state index contributed by atoms with van der Waals surface area (Å²) in [5.41, 5.74) is 0.975. The number of aromatic nitrogens is 2. The molecule has 5 nitrogen and oxygen atoms in total. The molecule has 0 saturated carbocycles. The predicted molar refractivity (Wildman–Crippen MR) is 72.9 cm³/mol. The summed E-state index contributed by atoms with van der Waals surface area (Å²) in [5, 5.41) is 6.65. The number of aryl methyl sites for hydroxylation is 1. The third kappa shape index (κ3) is 3.32. The van der Waals surface area contributed by atoms with Gasteiger partial charge in [0.1, 0.15) is 5.82 Å². The van der Waals surface area contributed by atoms with Crippen LogP contribution in [-0.4, -0.2) is 35.8 Å². The summed E-state index contributed by atoms with van der Waals surface area (Å²) < 4.78 is 5.45. The quantitative estimate of drug-likeness (QED) is 0.856. The maximum Gasteiger partial charge on any atom is 0.224 e. The minimum absolute atomic E-state index is 0.433. The van der Waals surface area contributed by atoms with E-state index in [4.69, 9.17) is 4.74 Å². The number of anilines is 2. The van der Waals surface area contributed by atoms with Crippen LogP contribution in [0.15, 0.2) is 6.07 Å². The first-order valence-electron chi connectivity index (χ1n) is 6.63. The Labute approximate surface area is 108 Å². The number of nitrogens with zero attached hydrogens (tertiary/aromatic N) is 2. The first-order chi connectivity index (χ1) is 8.69. The minimum atomic E-state index is 0.433. The smallest absolute Gasteiger partial charge is 0.224 e. The van der Waals surface area contributed by atoms with E-state index in [1.807, 2.05) is 19.9 Å². The fourth-order valence-electron chi connectivity index (χ4n) is 2.16. The van der Waals surface area contributed by atoms with Gasteiger partial charge in [-0.15, -0.1) is 0 Å². The summed E-state index contributed by atoms with van der Waals surface area (Å²) in [5.74, 6) is 2.11. The van der Waals surface area contributed by atoms with Crippen molar-refractivity contribution in [1.29, 1.82) is 0 Å². The van der Waals surface area contributed by atoms with Gasteiger partial charge < -0.3 is 15.4 Å². The van der Waals surface area contributed by atoms with Crippen molar-refractivity contribution in [1.82, 2.24) is 9.97 Å². The zero-order chi connectivity index (χ0) is 13.0.